The highest BCUT2D eigenvalue weighted by atomic mass is 32.2. The number of rotatable bonds is 7. The molecule has 3 aromatic rings. The van der Waals surface area contributed by atoms with E-state index in [0.29, 0.717) is 5.76 Å². The largest absolute Gasteiger partial charge is 0.506 e. The highest BCUT2D eigenvalue weighted by Gasteiger charge is 2.18. The molecular formula is C17H16N4O7S. The fraction of sp³-hybridized carbons (Fsp3) is 0.176. The zero-order valence-electron chi connectivity index (χ0n) is 15.1. The maximum atomic E-state index is 12.4. The third-order valence-electron chi connectivity index (χ3n) is 3.99. The standard InChI is InChI=1S/C17H16N4O7S/c1-2-29(26,27)13-4-5-15(22)14(7-13)19-17(23)16-6-3-12(28-16)10-20-9-11(8-18-20)21(24)25/h3-9,22H,2,10H2,1H3,(H,19,23). The quantitative estimate of drug-likeness (QED) is 0.334. The summed E-state index contributed by atoms with van der Waals surface area (Å²) < 4.78 is 30.6. The summed E-state index contributed by atoms with van der Waals surface area (Å²) in [5.74, 6) is -0.907. The molecule has 3 rings (SSSR count). The number of phenols is 1. The molecule has 2 N–H and O–H groups in total. The number of carbonyl (C=O) groups is 1. The number of hydrogen-bond acceptors (Lipinski definition) is 8. The molecular weight excluding hydrogens is 404 g/mol. The lowest BCUT2D eigenvalue weighted by molar-refractivity contribution is -0.385. The Morgan fingerprint density at radius 2 is 2.10 bits per heavy atom. The van der Waals surface area contributed by atoms with Crippen molar-refractivity contribution in [3.8, 4) is 5.75 Å². The van der Waals surface area contributed by atoms with Crippen LogP contribution in [0.2, 0.25) is 0 Å². The molecule has 0 atom stereocenters. The smallest absolute Gasteiger partial charge is 0.307 e. The van der Waals surface area contributed by atoms with E-state index in [2.05, 4.69) is 10.4 Å². The van der Waals surface area contributed by atoms with Crippen molar-refractivity contribution in [1.29, 1.82) is 0 Å². The number of aromatic hydroxyl groups is 1. The second-order valence-electron chi connectivity index (χ2n) is 5.96. The van der Waals surface area contributed by atoms with Gasteiger partial charge in [-0.05, 0) is 30.3 Å². The Balaban J connectivity index is 1.75. The number of phenolic OH excluding ortho intramolecular Hbond substituents is 1. The van der Waals surface area contributed by atoms with E-state index in [1.807, 2.05) is 0 Å². The van der Waals surface area contributed by atoms with Crippen molar-refractivity contribution in [3.63, 3.8) is 0 Å². The number of nitrogens with one attached hydrogen (secondary N) is 1. The van der Waals surface area contributed by atoms with Crippen LogP contribution >= 0.6 is 0 Å². The van der Waals surface area contributed by atoms with Crippen molar-refractivity contribution >= 4 is 27.1 Å². The van der Waals surface area contributed by atoms with Gasteiger partial charge in [-0.25, -0.2) is 8.42 Å². The number of furan rings is 1. The molecule has 2 heterocycles. The first-order valence-electron chi connectivity index (χ1n) is 8.32. The molecule has 0 saturated heterocycles. The number of hydrogen-bond donors (Lipinski definition) is 2. The van der Waals surface area contributed by atoms with Gasteiger partial charge >= 0.3 is 5.69 Å². The first-order valence-corrected chi connectivity index (χ1v) is 9.97. The van der Waals surface area contributed by atoms with E-state index >= 15 is 0 Å². The van der Waals surface area contributed by atoms with Gasteiger partial charge in [-0.2, -0.15) is 5.10 Å². The van der Waals surface area contributed by atoms with Gasteiger partial charge in [-0.1, -0.05) is 6.92 Å². The number of amides is 1. The van der Waals surface area contributed by atoms with E-state index in [0.717, 1.165) is 6.20 Å². The average molecular weight is 420 g/mol. The highest BCUT2D eigenvalue weighted by Crippen LogP contribution is 2.27. The van der Waals surface area contributed by atoms with Crippen LogP contribution in [0.3, 0.4) is 0 Å². The van der Waals surface area contributed by atoms with Crippen LogP contribution in [0, 0.1) is 10.1 Å². The summed E-state index contributed by atoms with van der Waals surface area (Å²) in [4.78, 5) is 22.4. The molecule has 0 aliphatic carbocycles. The molecule has 12 heteroatoms. The van der Waals surface area contributed by atoms with Gasteiger partial charge in [0.1, 0.15) is 23.9 Å². The number of sulfone groups is 1. The molecule has 0 aliphatic rings. The van der Waals surface area contributed by atoms with Gasteiger partial charge in [0.25, 0.3) is 5.91 Å². The van der Waals surface area contributed by atoms with Crippen LogP contribution in [-0.4, -0.2) is 39.9 Å². The van der Waals surface area contributed by atoms with Crippen molar-refractivity contribution in [1.82, 2.24) is 9.78 Å². The van der Waals surface area contributed by atoms with Crippen LogP contribution < -0.4 is 5.32 Å². The molecule has 0 bridgehead atoms. The summed E-state index contributed by atoms with van der Waals surface area (Å²) in [6.45, 7) is 1.55. The van der Waals surface area contributed by atoms with E-state index in [1.165, 1.54) is 48.1 Å². The number of nitro groups is 1. The first kappa shape index (κ1) is 20.1. The van der Waals surface area contributed by atoms with Crippen LogP contribution in [-0.2, 0) is 16.4 Å². The lowest BCUT2D eigenvalue weighted by Crippen LogP contribution is -2.12. The van der Waals surface area contributed by atoms with Crippen molar-refractivity contribution in [2.75, 3.05) is 11.1 Å². The van der Waals surface area contributed by atoms with Crippen LogP contribution in [0.5, 0.6) is 5.75 Å². The third-order valence-corrected chi connectivity index (χ3v) is 5.72. The highest BCUT2D eigenvalue weighted by molar-refractivity contribution is 7.91. The van der Waals surface area contributed by atoms with Gasteiger partial charge in [0.05, 0.1) is 27.8 Å². The summed E-state index contributed by atoms with van der Waals surface area (Å²) in [7, 11) is -3.52. The van der Waals surface area contributed by atoms with Gasteiger partial charge in [-0.15, -0.1) is 0 Å². The summed E-state index contributed by atoms with van der Waals surface area (Å²) >= 11 is 0. The summed E-state index contributed by atoms with van der Waals surface area (Å²) in [5.41, 5.74) is -0.253. The molecule has 0 radical (unpaired) electrons. The Labute approximate surface area is 164 Å². The van der Waals surface area contributed by atoms with Gasteiger partial charge in [0, 0.05) is 0 Å². The number of carbonyl (C=O) groups excluding carboxylic acids is 1. The fourth-order valence-corrected chi connectivity index (χ4v) is 3.34. The zero-order valence-corrected chi connectivity index (χ0v) is 15.9. The Morgan fingerprint density at radius 1 is 1.34 bits per heavy atom. The lowest BCUT2D eigenvalue weighted by Gasteiger charge is -2.08. The summed E-state index contributed by atoms with van der Waals surface area (Å²) in [6, 6.07) is 6.47. The van der Waals surface area contributed by atoms with Crippen molar-refractivity contribution in [2.24, 2.45) is 0 Å². The molecule has 29 heavy (non-hydrogen) atoms. The zero-order chi connectivity index (χ0) is 21.2. The molecule has 0 aliphatic heterocycles. The first-order chi connectivity index (χ1) is 13.7. The molecule has 2 aromatic heterocycles. The van der Waals surface area contributed by atoms with E-state index in [4.69, 9.17) is 4.42 Å². The molecule has 1 aromatic carbocycles. The van der Waals surface area contributed by atoms with Gasteiger partial charge < -0.3 is 14.8 Å². The lowest BCUT2D eigenvalue weighted by atomic mass is 10.3. The van der Waals surface area contributed by atoms with Crippen LogP contribution in [0.4, 0.5) is 11.4 Å². The van der Waals surface area contributed by atoms with Crippen molar-refractivity contribution in [3.05, 3.63) is 64.4 Å². The van der Waals surface area contributed by atoms with Gasteiger partial charge in [0.2, 0.25) is 0 Å². The predicted octanol–water partition coefficient (Wildman–Crippen LogP) is 2.18. The molecule has 0 saturated carbocycles. The third kappa shape index (κ3) is 4.43. The molecule has 0 spiro atoms. The maximum Gasteiger partial charge on any atom is 0.307 e. The van der Waals surface area contributed by atoms with Crippen LogP contribution in [0.25, 0.3) is 0 Å². The minimum atomic E-state index is -3.52. The van der Waals surface area contributed by atoms with E-state index in [1.54, 1.807) is 0 Å². The second-order valence-corrected chi connectivity index (χ2v) is 8.23. The summed E-state index contributed by atoms with van der Waals surface area (Å²) in [6.07, 6.45) is 2.32. The number of anilines is 1. The molecule has 1 amide bonds. The Bertz CT molecular complexity index is 1180. The minimum absolute atomic E-state index is 0.0338. The second kappa shape index (κ2) is 7.75. The number of nitrogens with zero attached hydrogens (tertiary/aromatic N) is 3. The SMILES string of the molecule is CCS(=O)(=O)c1ccc(O)c(NC(=O)c2ccc(Cn3cc([N+](=O)[O-])cn3)o2)c1. The molecule has 11 nitrogen and oxygen atoms in total. The summed E-state index contributed by atoms with van der Waals surface area (Å²) in [5, 5.41) is 26.8. The molecule has 0 fully saturated rings. The van der Waals surface area contributed by atoms with Crippen molar-refractivity contribution in [2.45, 2.75) is 18.4 Å². The topological polar surface area (TPSA) is 158 Å². The number of aromatic nitrogens is 2. The molecule has 0 unspecified atom stereocenters. The van der Waals surface area contributed by atoms with E-state index < -0.39 is 20.7 Å². The maximum absolute atomic E-state index is 12.4. The Hall–Kier alpha value is -3.67. The average Bonchev–Trinajstić information content (AvgIpc) is 3.33. The normalized spacial score (nSPS) is 11.3. The van der Waals surface area contributed by atoms with Crippen molar-refractivity contribution < 1.29 is 27.7 Å². The van der Waals surface area contributed by atoms with E-state index in [9.17, 15) is 28.4 Å². The van der Waals surface area contributed by atoms with Gasteiger partial charge in [-0.3, -0.25) is 19.6 Å². The molecule has 152 valence electrons. The minimum Gasteiger partial charge on any atom is -0.506 e. The van der Waals surface area contributed by atoms with Gasteiger partial charge in [0.15, 0.2) is 15.6 Å². The predicted molar refractivity (Wildman–Crippen MR) is 100 cm³/mol. The number of benzene rings is 1. The fourth-order valence-electron chi connectivity index (χ4n) is 2.44. The monoisotopic (exact) mass is 420 g/mol. The Morgan fingerprint density at radius 3 is 2.76 bits per heavy atom. The van der Waals surface area contributed by atoms with Crippen LogP contribution in [0.15, 0.2) is 52.0 Å². The Kier molecular flexibility index (Phi) is 5.37. The van der Waals surface area contributed by atoms with E-state index in [-0.39, 0.29) is 40.1 Å². The van der Waals surface area contributed by atoms with Crippen LogP contribution in [0.1, 0.15) is 23.2 Å².